The maximum absolute atomic E-state index is 14.1. The van der Waals surface area contributed by atoms with Crippen LogP contribution in [0.4, 0.5) is 0 Å². The van der Waals surface area contributed by atoms with Gasteiger partial charge in [-0.1, -0.05) is 30.3 Å². The monoisotopic (exact) mass is 530 g/mol. The molecule has 0 amide bonds. The van der Waals surface area contributed by atoms with Crippen LogP contribution in [0.15, 0.2) is 54.6 Å². The van der Waals surface area contributed by atoms with Gasteiger partial charge in [-0.2, -0.15) is 0 Å². The second-order valence-corrected chi connectivity index (χ2v) is 12.0. The minimum atomic E-state index is -4.28. The molecule has 0 aliphatic carbocycles. The highest BCUT2D eigenvalue weighted by Crippen LogP contribution is 2.77. The highest BCUT2D eigenvalue weighted by molar-refractivity contribution is 7.74. The minimum Gasteiger partial charge on any atom is -0.489 e. The smallest absolute Gasteiger partial charge is 0.389 e. The predicted molar refractivity (Wildman–Crippen MR) is 134 cm³/mol. The summed E-state index contributed by atoms with van der Waals surface area (Å²) in [5.41, 5.74) is 1.02. The molecule has 2 rings (SSSR count). The molecule has 0 radical (unpaired) electrons. The van der Waals surface area contributed by atoms with E-state index in [4.69, 9.17) is 32.3 Å². The Morgan fingerprint density at radius 3 is 1.57 bits per heavy atom. The van der Waals surface area contributed by atoms with Crippen molar-refractivity contribution >= 4 is 15.2 Å². The van der Waals surface area contributed by atoms with Crippen LogP contribution in [-0.4, -0.2) is 45.2 Å². The second kappa shape index (κ2) is 14.1. The maximum Gasteiger partial charge on any atom is 0.389 e. The van der Waals surface area contributed by atoms with Crippen molar-refractivity contribution in [2.45, 2.75) is 39.4 Å². The first-order valence-electron chi connectivity index (χ1n) is 11.6. The quantitative estimate of drug-likeness (QED) is 0.213. The van der Waals surface area contributed by atoms with E-state index in [1.807, 2.05) is 30.3 Å². The van der Waals surface area contributed by atoms with Gasteiger partial charge >= 0.3 is 20.3 Å². The standard InChI is InChI=1S/C24H36O9P2/c1-6-29-34(25,30-7-2)24(20-27-5,35(26,31-8-3)32-9-4)33-23-17-15-22(16-18-23)28-19-21-13-11-10-12-14-21/h10-18H,6-9,19-20H2,1-5H3. The molecule has 9 nitrogen and oxygen atoms in total. The van der Waals surface area contributed by atoms with Crippen LogP contribution in [0.25, 0.3) is 0 Å². The van der Waals surface area contributed by atoms with E-state index < -0.39 is 26.9 Å². The number of hydrogen-bond acceptors (Lipinski definition) is 9. The number of rotatable bonds is 17. The molecule has 0 bridgehead atoms. The second-order valence-electron chi connectivity index (χ2n) is 7.19. The van der Waals surface area contributed by atoms with E-state index in [1.54, 1.807) is 52.0 Å². The number of benzene rings is 2. The number of ether oxygens (including phenoxy) is 3. The number of methoxy groups -OCH3 is 1. The van der Waals surface area contributed by atoms with E-state index in [9.17, 15) is 9.13 Å². The molecule has 0 spiro atoms. The van der Waals surface area contributed by atoms with Crippen LogP contribution in [0.3, 0.4) is 0 Å². The van der Waals surface area contributed by atoms with E-state index in [0.29, 0.717) is 12.4 Å². The van der Waals surface area contributed by atoms with Crippen molar-refractivity contribution in [1.82, 2.24) is 0 Å². The lowest BCUT2D eigenvalue weighted by Gasteiger charge is -2.41. The average molecular weight is 530 g/mol. The fraction of sp³-hybridized carbons (Fsp3) is 0.500. The Bertz CT molecular complexity index is 917. The van der Waals surface area contributed by atoms with E-state index in [0.717, 1.165) is 5.56 Å². The molecule has 0 saturated heterocycles. The molecule has 0 heterocycles. The van der Waals surface area contributed by atoms with Gasteiger partial charge in [-0.25, -0.2) is 0 Å². The molecule has 2 aromatic carbocycles. The highest BCUT2D eigenvalue weighted by Gasteiger charge is 2.68. The summed E-state index contributed by atoms with van der Waals surface area (Å²) in [6.07, 6.45) is 0. The lowest BCUT2D eigenvalue weighted by Crippen LogP contribution is -2.43. The van der Waals surface area contributed by atoms with Crippen molar-refractivity contribution in [2.24, 2.45) is 0 Å². The van der Waals surface area contributed by atoms with Crippen molar-refractivity contribution in [1.29, 1.82) is 0 Å². The van der Waals surface area contributed by atoms with Gasteiger partial charge in [-0.05, 0) is 57.5 Å². The van der Waals surface area contributed by atoms with Gasteiger partial charge in [0.2, 0.25) is 0 Å². The van der Waals surface area contributed by atoms with Crippen molar-refractivity contribution in [3.8, 4) is 11.5 Å². The summed E-state index contributed by atoms with van der Waals surface area (Å²) in [7, 11) is -7.20. The van der Waals surface area contributed by atoms with Gasteiger partial charge in [0.05, 0.1) is 26.4 Å². The zero-order valence-electron chi connectivity index (χ0n) is 21.0. The topological polar surface area (TPSA) is 98.8 Å². The van der Waals surface area contributed by atoms with E-state index in [2.05, 4.69) is 0 Å². The van der Waals surface area contributed by atoms with Crippen LogP contribution < -0.4 is 9.47 Å². The Hall–Kier alpha value is -1.70. The third-order valence-corrected chi connectivity index (χ3v) is 10.8. The van der Waals surface area contributed by atoms with Crippen LogP contribution in [-0.2, 0) is 38.6 Å². The van der Waals surface area contributed by atoms with Crippen LogP contribution in [0, 0.1) is 0 Å². The average Bonchev–Trinajstić information content (AvgIpc) is 2.84. The Labute approximate surface area is 208 Å². The zero-order chi connectivity index (χ0) is 25.8. The fourth-order valence-corrected chi connectivity index (χ4v) is 8.55. The summed E-state index contributed by atoms with van der Waals surface area (Å²) < 4.78 is 68.0. The first kappa shape index (κ1) is 29.5. The normalized spacial score (nSPS) is 12.5. The lowest BCUT2D eigenvalue weighted by molar-refractivity contribution is 0.0404. The first-order valence-corrected chi connectivity index (χ1v) is 14.6. The third-order valence-electron chi connectivity index (χ3n) is 4.74. The van der Waals surface area contributed by atoms with Crippen LogP contribution >= 0.6 is 15.2 Å². The minimum absolute atomic E-state index is 0.0105. The molecule has 0 saturated carbocycles. The fourth-order valence-electron chi connectivity index (χ4n) is 3.33. The SMILES string of the molecule is CCOP(=O)(OCC)C(COC)(Oc1ccc(OCc2ccccc2)cc1)P(=O)(OCC)OCC. The highest BCUT2D eigenvalue weighted by atomic mass is 31.2. The van der Waals surface area contributed by atoms with Crippen molar-refractivity contribution in [3.63, 3.8) is 0 Å². The molecule has 0 aromatic heterocycles. The zero-order valence-corrected chi connectivity index (χ0v) is 22.8. The van der Waals surface area contributed by atoms with Crippen molar-refractivity contribution in [2.75, 3.05) is 40.1 Å². The third kappa shape index (κ3) is 7.17. The van der Waals surface area contributed by atoms with Gasteiger partial charge in [0.25, 0.3) is 0 Å². The Morgan fingerprint density at radius 1 is 0.686 bits per heavy atom. The molecule has 0 N–H and O–H groups in total. The Balaban J connectivity index is 2.47. The van der Waals surface area contributed by atoms with Gasteiger partial charge in [0.1, 0.15) is 24.7 Å². The molecule has 11 heteroatoms. The summed E-state index contributed by atoms with van der Waals surface area (Å²) in [5, 5.41) is -2.21. The molecule has 0 unspecified atom stereocenters. The summed E-state index contributed by atoms with van der Waals surface area (Å²) in [6, 6.07) is 16.3. The van der Waals surface area contributed by atoms with Gasteiger partial charge in [0.15, 0.2) is 0 Å². The summed E-state index contributed by atoms with van der Waals surface area (Å²) in [6.45, 7) is 6.59. The van der Waals surface area contributed by atoms with E-state index >= 15 is 0 Å². The van der Waals surface area contributed by atoms with Gasteiger partial charge in [-0.15, -0.1) is 0 Å². The Kier molecular flexibility index (Phi) is 11.9. The molecule has 196 valence electrons. The van der Waals surface area contributed by atoms with Crippen LogP contribution in [0.2, 0.25) is 0 Å². The summed E-state index contributed by atoms with van der Waals surface area (Å²) >= 11 is 0. The molecule has 0 aliphatic heterocycles. The van der Waals surface area contributed by atoms with Gasteiger partial charge in [-0.3, -0.25) is 9.13 Å². The van der Waals surface area contributed by atoms with Gasteiger partial charge in [0, 0.05) is 7.11 Å². The molecular weight excluding hydrogens is 494 g/mol. The lowest BCUT2D eigenvalue weighted by atomic mass is 10.2. The summed E-state index contributed by atoms with van der Waals surface area (Å²) in [5.74, 6) is 0.822. The summed E-state index contributed by atoms with van der Waals surface area (Å²) in [4.78, 5) is 0. The Morgan fingerprint density at radius 2 is 1.14 bits per heavy atom. The molecule has 0 aliphatic rings. The largest absolute Gasteiger partial charge is 0.489 e. The molecule has 35 heavy (non-hydrogen) atoms. The van der Waals surface area contributed by atoms with Crippen LogP contribution in [0.1, 0.15) is 33.3 Å². The molecular formula is C24H36O9P2. The number of hydrogen-bond donors (Lipinski definition) is 0. The molecule has 0 fully saturated rings. The van der Waals surface area contributed by atoms with E-state index in [1.165, 1.54) is 7.11 Å². The molecule has 2 aromatic rings. The molecule has 0 atom stereocenters. The first-order chi connectivity index (χ1) is 16.8. The predicted octanol–water partition coefficient (Wildman–Crippen LogP) is 6.48. The maximum atomic E-state index is 14.1. The van der Waals surface area contributed by atoms with Crippen molar-refractivity contribution in [3.05, 3.63) is 60.2 Å². The van der Waals surface area contributed by atoms with E-state index in [-0.39, 0.29) is 32.2 Å². The van der Waals surface area contributed by atoms with Crippen LogP contribution in [0.5, 0.6) is 11.5 Å². The van der Waals surface area contributed by atoms with Gasteiger partial charge < -0.3 is 32.3 Å². The van der Waals surface area contributed by atoms with Crippen molar-refractivity contribution < 1.29 is 41.4 Å².